The normalized spacial score (nSPS) is 13.1. The summed E-state index contributed by atoms with van der Waals surface area (Å²) >= 11 is 0. The molecule has 80 valence electrons. The van der Waals surface area contributed by atoms with E-state index in [1.54, 1.807) is 0 Å². The third kappa shape index (κ3) is 3.03. The standard InChI is InChI=1S/C10H10FNO2S/c1-8(6-12)7-15(13,14)10-4-2-3-9(11)5-10/h2-5,8H,7H2,1H3. The van der Waals surface area contributed by atoms with Crippen LogP contribution in [0.4, 0.5) is 4.39 Å². The molecule has 0 N–H and O–H groups in total. The van der Waals surface area contributed by atoms with Gasteiger partial charge in [-0.15, -0.1) is 0 Å². The highest BCUT2D eigenvalue weighted by atomic mass is 32.2. The van der Waals surface area contributed by atoms with Gasteiger partial charge in [-0.25, -0.2) is 12.8 Å². The zero-order chi connectivity index (χ0) is 11.5. The van der Waals surface area contributed by atoms with Crippen molar-refractivity contribution in [2.24, 2.45) is 5.92 Å². The Morgan fingerprint density at radius 3 is 2.73 bits per heavy atom. The molecule has 0 amide bonds. The van der Waals surface area contributed by atoms with Gasteiger partial charge in [-0.3, -0.25) is 0 Å². The van der Waals surface area contributed by atoms with Crippen molar-refractivity contribution >= 4 is 9.84 Å². The first-order chi connectivity index (χ1) is 6.95. The minimum atomic E-state index is -3.56. The van der Waals surface area contributed by atoms with Crippen LogP contribution in [0.15, 0.2) is 29.2 Å². The zero-order valence-corrected chi connectivity index (χ0v) is 8.96. The van der Waals surface area contributed by atoms with E-state index in [0.29, 0.717) is 0 Å². The van der Waals surface area contributed by atoms with Gasteiger partial charge < -0.3 is 0 Å². The molecule has 3 nitrogen and oxygen atoms in total. The van der Waals surface area contributed by atoms with E-state index >= 15 is 0 Å². The Balaban J connectivity index is 3.03. The van der Waals surface area contributed by atoms with Gasteiger partial charge in [0.2, 0.25) is 0 Å². The van der Waals surface area contributed by atoms with Crippen molar-refractivity contribution in [1.29, 1.82) is 5.26 Å². The van der Waals surface area contributed by atoms with E-state index in [9.17, 15) is 12.8 Å². The van der Waals surface area contributed by atoms with E-state index in [1.807, 2.05) is 6.07 Å². The lowest BCUT2D eigenvalue weighted by Gasteiger charge is -2.05. The quantitative estimate of drug-likeness (QED) is 0.790. The molecule has 1 aromatic rings. The van der Waals surface area contributed by atoms with Crippen LogP contribution in [0.1, 0.15) is 6.92 Å². The maximum absolute atomic E-state index is 12.8. The predicted octanol–water partition coefficient (Wildman–Crippen LogP) is 1.76. The maximum Gasteiger partial charge on any atom is 0.179 e. The SMILES string of the molecule is CC(C#N)CS(=O)(=O)c1cccc(F)c1. The summed E-state index contributed by atoms with van der Waals surface area (Å²) in [7, 11) is -3.56. The van der Waals surface area contributed by atoms with E-state index in [-0.39, 0.29) is 10.6 Å². The van der Waals surface area contributed by atoms with Crippen LogP contribution in [0, 0.1) is 23.1 Å². The second kappa shape index (κ2) is 4.41. The Morgan fingerprint density at radius 2 is 2.20 bits per heavy atom. The van der Waals surface area contributed by atoms with Gasteiger partial charge in [0.15, 0.2) is 9.84 Å². The summed E-state index contributed by atoms with van der Waals surface area (Å²) in [5, 5.41) is 8.51. The van der Waals surface area contributed by atoms with Gasteiger partial charge >= 0.3 is 0 Å². The Labute approximate surface area is 88.1 Å². The lowest BCUT2D eigenvalue weighted by atomic mass is 10.3. The smallest absolute Gasteiger partial charge is 0.179 e. The zero-order valence-electron chi connectivity index (χ0n) is 8.14. The molecule has 1 atom stereocenters. The van der Waals surface area contributed by atoms with Crippen molar-refractivity contribution in [3.63, 3.8) is 0 Å². The summed E-state index contributed by atoms with van der Waals surface area (Å²) in [5.41, 5.74) is 0. The summed E-state index contributed by atoms with van der Waals surface area (Å²) in [6.45, 7) is 1.51. The topological polar surface area (TPSA) is 57.9 Å². The molecule has 0 aliphatic carbocycles. The van der Waals surface area contributed by atoms with Gasteiger partial charge in [0.25, 0.3) is 0 Å². The molecule has 0 saturated heterocycles. The summed E-state index contributed by atoms with van der Waals surface area (Å²) in [4.78, 5) is -0.0791. The van der Waals surface area contributed by atoms with Crippen molar-refractivity contribution in [3.05, 3.63) is 30.1 Å². The van der Waals surface area contributed by atoms with E-state index in [0.717, 1.165) is 6.07 Å². The van der Waals surface area contributed by atoms with Crippen molar-refractivity contribution in [1.82, 2.24) is 0 Å². The lowest BCUT2D eigenvalue weighted by molar-refractivity contribution is 0.584. The van der Waals surface area contributed by atoms with Crippen molar-refractivity contribution in [3.8, 4) is 6.07 Å². The second-order valence-electron chi connectivity index (χ2n) is 3.27. The van der Waals surface area contributed by atoms with Crippen LogP contribution in [-0.2, 0) is 9.84 Å². The summed E-state index contributed by atoms with van der Waals surface area (Å²) in [5.74, 6) is -1.48. The van der Waals surface area contributed by atoms with E-state index < -0.39 is 21.6 Å². The molecule has 1 aromatic carbocycles. The van der Waals surface area contributed by atoms with E-state index in [2.05, 4.69) is 0 Å². The molecule has 0 aromatic heterocycles. The molecule has 0 saturated carbocycles. The molecule has 0 spiro atoms. The maximum atomic E-state index is 12.8. The monoisotopic (exact) mass is 227 g/mol. The van der Waals surface area contributed by atoms with Crippen LogP contribution in [0.2, 0.25) is 0 Å². The first kappa shape index (κ1) is 11.7. The van der Waals surface area contributed by atoms with Crippen LogP contribution in [0.5, 0.6) is 0 Å². The van der Waals surface area contributed by atoms with E-state index in [4.69, 9.17) is 5.26 Å². The van der Waals surface area contributed by atoms with Crippen LogP contribution >= 0.6 is 0 Å². The Bertz CT molecular complexity index is 490. The molecule has 15 heavy (non-hydrogen) atoms. The van der Waals surface area contributed by atoms with Crippen LogP contribution in [-0.4, -0.2) is 14.2 Å². The average molecular weight is 227 g/mol. The predicted molar refractivity (Wildman–Crippen MR) is 53.2 cm³/mol. The van der Waals surface area contributed by atoms with E-state index in [1.165, 1.54) is 25.1 Å². The van der Waals surface area contributed by atoms with Crippen molar-refractivity contribution in [2.45, 2.75) is 11.8 Å². The minimum Gasteiger partial charge on any atom is -0.224 e. The Hall–Kier alpha value is -1.41. The van der Waals surface area contributed by atoms with Gasteiger partial charge in [-0.2, -0.15) is 5.26 Å². The third-order valence-electron chi connectivity index (χ3n) is 1.85. The molecule has 0 bridgehead atoms. The molecule has 0 radical (unpaired) electrons. The van der Waals surface area contributed by atoms with Gasteiger partial charge in [0.05, 0.1) is 22.6 Å². The van der Waals surface area contributed by atoms with Crippen LogP contribution in [0.25, 0.3) is 0 Å². The number of rotatable bonds is 3. The second-order valence-corrected chi connectivity index (χ2v) is 5.30. The highest BCUT2D eigenvalue weighted by Gasteiger charge is 2.18. The lowest BCUT2D eigenvalue weighted by Crippen LogP contribution is -2.12. The summed E-state index contributed by atoms with van der Waals surface area (Å²) in [6, 6.07) is 6.62. The molecule has 5 heteroatoms. The largest absolute Gasteiger partial charge is 0.224 e. The number of nitrogens with zero attached hydrogens (tertiary/aromatic N) is 1. The first-order valence-electron chi connectivity index (χ1n) is 4.33. The molecule has 1 unspecified atom stereocenters. The van der Waals surface area contributed by atoms with Gasteiger partial charge in [0, 0.05) is 0 Å². The van der Waals surface area contributed by atoms with Crippen LogP contribution in [0.3, 0.4) is 0 Å². The Morgan fingerprint density at radius 1 is 1.53 bits per heavy atom. The molecule has 0 aliphatic rings. The highest BCUT2D eigenvalue weighted by Crippen LogP contribution is 2.14. The van der Waals surface area contributed by atoms with Crippen LogP contribution < -0.4 is 0 Å². The molecule has 0 heterocycles. The van der Waals surface area contributed by atoms with Gasteiger partial charge in [-0.1, -0.05) is 6.07 Å². The van der Waals surface area contributed by atoms with Gasteiger partial charge in [0.1, 0.15) is 5.82 Å². The fourth-order valence-corrected chi connectivity index (χ4v) is 2.63. The third-order valence-corrected chi connectivity index (χ3v) is 3.76. The number of halogens is 1. The molecule has 0 aliphatic heterocycles. The molecule has 1 rings (SSSR count). The molecular weight excluding hydrogens is 217 g/mol. The first-order valence-corrected chi connectivity index (χ1v) is 5.99. The number of hydrogen-bond acceptors (Lipinski definition) is 3. The Kier molecular flexibility index (Phi) is 3.43. The highest BCUT2D eigenvalue weighted by molar-refractivity contribution is 7.91. The number of hydrogen-bond donors (Lipinski definition) is 0. The fourth-order valence-electron chi connectivity index (χ4n) is 1.12. The molecule has 0 fully saturated rings. The van der Waals surface area contributed by atoms with Crippen molar-refractivity contribution < 1.29 is 12.8 Å². The summed E-state index contributed by atoms with van der Waals surface area (Å²) in [6.07, 6.45) is 0. The van der Waals surface area contributed by atoms with Crippen molar-refractivity contribution in [2.75, 3.05) is 5.75 Å². The average Bonchev–Trinajstić information content (AvgIpc) is 2.17. The number of benzene rings is 1. The number of nitriles is 1. The minimum absolute atomic E-state index is 0.0791. The fraction of sp³-hybridized carbons (Fsp3) is 0.300. The van der Waals surface area contributed by atoms with Gasteiger partial charge in [-0.05, 0) is 25.1 Å². The summed E-state index contributed by atoms with van der Waals surface area (Å²) < 4.78 is 36.1. The number of sulfone groups is 1. The molecular formula is C10H10FNO2S.